The van der Waals surface area contributed by atoms with Gasteiger partial charge in [-0.3, -0.25) is 0 Å². The third-order valence-electron chi connectivity index (χ3n) is 6.53. The molecule has 0 aliphatic heterocycles. The number of nitrogens with zero attached hydrogens (tertiary/aromatic N) is 2. The highest BCUT2D eigenvalue weighted by Gasteiger charge is 2.55. The molecule has 4 nitrogen and oxygen atoms in total. The summed E-state index contributed by atoms with van der Waals surface area (Å²) in [6, 6.07) is 13.5. The van der Waals surface area contributed by atoms with Crippen molar-refractivity contribution < 1.29 is 36.6 Å². The van der Waals surface area contributed by atoms with Gasteiger partial charge in [-0.25, -0.2) is 26.3 Å². The summed E-state index contributed by atoms with van der Waals surface area (Å²) in [6.07, 6.45) is -2.95. The first-order valence-corrected chi connectivity index (χ1v) is 11.5. The SMILES string of the molecule is OC1C(N(c2cccc(F)c2)c2ccc(F)c(F)c2)C(O)C1N(c1cccc(F)c1)c1ccc(F)c(F)c1. The molecule has 5 rings (SSSR count). The van der Waals surface area contributed by atoms with Gasteiger partial charge in [0.1, 0.15) is 23.8 Å². The van der Waals surface area contributed by atoms with Gasteiger partial charge in [0.2, 0.25) is 0 Å². The van der Waals surface area contributed by atoms with E-state index in [1.165, 1.54) is 46.2 Å². The summed E-state index contributed by atoms with van der Waals surface area (Å²) >= 11 is 0. The summed E-state index contributed by atoms with van der Waals surface area (Å²) in [4.78, 5) is 2.51. The fourth-order valence-corrected chi connectivity index (χ4v) is 4.78. The van der Waals surface area contributed by atoms with E-state index in [4.69, 9.17) is 0 Å². The zero-order valence-corrected chi connectivity index (χ0v) is 19.4. The molecule has 0 saturated heterocycles. The van der Waals surface area contributed by atoms with Crippen LogP contribution < -0.4 is 9.80 Å². The van der Waals surface area contributed by atoms with E-state index in [1.54, 1.807) is 0 Å². The van der Waals surface area contributed by atoms with E-state index in [9.17, 15) is 36.6 Å². The molecule has 1 aliphatic rings. The van der Waals surface area contributed by atoms with Gasteiger partial charge in [-0.05, 0) is 60.7 Å². The molecule has 38 heavy (non-hydrogen) atoms. The van der Waals surface area contributed by atoms with Crippen LogP contribution in [0, 0.1) is 34.9 Å². The van der Waals surface area contributed by atoms with Crippen LogP contribution in [0.4, 0.5) is 49.1 Å². The quantitative estimate of drug-likeness (QED) is 0.302. The van der Waals surface area contributed by atoms with E-state index in [0.717, 1.165) is 48.5 Å². The zero-order chi connectivity index (χ0) is 27.1. The molecule has 0 atom stereocenters. The Morgan fingerprint density at radius 3 is 1.16 bits per heavy atom. The van der Waals surface area contributed by atoms with Gasteiger partial charge in [0.25, 0.3) is 0 Å². The van der Waals surface area contributed by atoms with Gasteiger partial charge in [-0.2, -0.15) is 0 Å². The van der Waals surface area contributed by atoms with Gasteiger partial charge in [0.15, 0.2) is 23.3 Å². The van der Waals surface area contributed by atoms with Crippen LogP contribution in [0.3, 0.4) is 0 Å². The number of aliphatic hydroxyl groups excluding tert-OH is 2. The van der Waals surface area contributed by atoms with Crippen molar-refractivity contribution in [3.8, 4) is 0 Å². The lowest BCUT2D eigenvalue weighted by Gasteiger charge is -2.55. The first-order valence-electron chi connectivity index (χ1n) is 11.5. The molecule has 0 spiro atoms. The maximum absolute atomic E-state index is 14.2. The van der Waals surface area contributed by atoms with Crippen LogP contribution in [0.25, 0.3) is 0 Å². The minimum Gasteiger partial charge on any atom is -0.389 e. The van der Waals surface area contributed by atoms with Crippen molar-refractivity contribution in [3.05, 3.63) is 120 Å². The summed E-state index contributed by atoms with van der Waals surface area (Å²) < 4.78 is 83.9. The second kappa shape index (κ2) is 10.0. The van der Waals surface area contributed by atoms with Gasteiger partial charge in [-0.15, -0.1) is 0 Å². The van der Waals surface area contributed by atoms with Crippen LogP contribution in [-0.4, -0.2) is 34.5 Å². The largest absolute Gasteiger partial charge is 0.389 e. The predicted molar refractivity (Wildman–Crippen MR) is 129 cm³/mol. The van der Waals surface area contributed by atoms with Crippen LogP contribution in [0.1, 0.15) is 0 Å². The fourth-order valence-electron chi connectivity index (χ4n) is 4.78. The number of hydrogen-bond acceptors (Lipinski definition) is 4. The molecule has 4 aromatic rings. The van der Waals surface area contributed by atoms with Crippen molar-refractivity contribution in [1.82, 2.24) is 0 Å². The smallest absolute Gasteiger partial charge is 0.160 e. The molecular weight excluding hydrogens is 510 g/mol. The summed E-state index contributed by atoms with van der Waals surface area (Å²) in [5, 5.41) is 22.7. The first kappa shape index (κ1) is 25.6. The van der Waals surface area contributed by atoms with Crippen LogP contribution in [0.15, 0.2) is 84.9 Å². The normalized spacial score (nSPS) is 20.6. The number of halogens is 6. The maximum Gasteiger partial charge on any atom is 0.160 e. The van der Waals surface area contributed by atoms with Gasteiger partial charge >= 0.3 is 0 Å². The monoisotopic (exact) mass is 530 g/mol. The topological polar surface area (TPSA) is 46.9 Å². The molecule has 0 unspecified atom stereocenters. The molecule has 0 aromatic heterocycles. The molecule has 196 valence electrons. The summed E-state index contributed by atoms with van der Waals surface area (Å²) in [5.74, 6) is -5.97. The van der Waals surface area contributed by atoms with Gasteiger partial charge in [-0.1, -0.05) is 12.1 Å². The van der Waals surface area contributed by atoms with Crippen LogP contribution >= 0.6 is 0 Å². The second-order valence-corrected chi connectivity index (χ2v) is 8.86. The Labute approximate surface area is 213 Å². The fraction of sp³-hybridized carbons (Fsp3) is 0.143. The predicted octanol–water partition coefficient (Wildman–Crippen LogP) is 5.97. The van der Waals surface area contributed by atoms with Crippen molar-refractivity contribution >= 4 is 22.7 Å². The van der Waals surface area contributed by atoms with Crippen molar-refractivity contribution in [2.45, 2.75) is 24.3 Å². The van der Waals surface area contributed by atoms with Crippen molar-refractivity contribution in [2.24, 2.45) is 0 Å². The molecule has 0 radical (unpaired) electrons. The average molecular weight is 530 g/mol. The number of rotatable bonds is 6. The van der Waals surface area contributed by atoms with Crippen LogP contribution in [-0.2, 0) is 0 Å². The number of anilines is 4. The Bertz CT molecular complexity index is 1370. The van der Waals surface area contributed by atoms with Crippen molar-refractivity contribution in [1.29, 1.82) is 0 Å². The molecule has 0 amide bonds. The molecule has 1 saturated carbocycles. The summed E-state index contributed by atoms with van der Waals surface area (Å²) in [6.45, 7) is 0. The zero-order valence-electron chi connectivity index (χ0n) is 19.4. The number of hydrogen-bond donors (Lipinski definition) is 2. The highest BCUT2D eigenvalue weighted by atomic mass is 19.2. The van der Waals surface area contributed by atoms with Gasteiger partial charge in [0, 0.05) is 34.9 Å². The van der Waals surface area contributed by atoms with E-state index >= 15 is 0 Å². The molecule has 1 fully saturated rings. The highest BCUT2D eigenvalue weighted by molar-refractivity contribution is 5.69. The molecule has 0 bridgehead atoms. The standard InChI is InChI=1S/C28H20F6N2O2/c29-15-3-1-5-17(11-15)35(19-7-9-21(31)23(33)13-19)25-27(37)26(28(25)38)36(18-6-2-4-16(30)12-18)20-8-10-22(32)24(34)14-20/h1-14,25-28,37-38H. The minimum atomic E-state index is -1.47. The van der Waals surface area contributed by atoms with E-state index in [1.807, 2.05) is 0 Å². The van der Waals surface area contributed by atoms with Gasteiger partial charge < -0.3 is 20.0 Å². The molecule has 2 N–H and O–H groups in total. The molecule has 4 aromatic carbocycles. The molecule has 0 heterocycles. The lowest BCUT2D eigenvalue weighted by molar-refractivity contribution is -0.0692. The third kappa shape index (κ3) is 4.57. The summed E-state index contributed by atoms with van der Waals surface area (Å²) in [7, 11) is 0. The minimum absolute atomic E-state index is 0.0150. The molecular formula is C28H20F6N2O2. The van der Waals surface area contributed by atoms with E-state index in [-0.39, 0.29) is 22.7 Å². The Hall–Kier alpha value is -4.02. The lowest BCUT2D eigenvalue weighted by atomic mass is 9.76. The first-order chi connectivity index (χ1) is 18.2. The number of aliphatic hydroxyl groups is 2. The van der Waals surface area contributed by atoms with Crippen molar-refractivity contribution in [3.63, 3.8) is 0 Å². The number of benzene rings is 4. The van der Waals surface area contributed by atoms with E-state index in [0.29, 0.717) is 0 Å². The van der Waals surface area contributed by atoms with Crippen LogP contribution in [0.5, 0.6) is 0 Å². The van der Waals surface area contributed by atoms with Crippen LogP contribution in [0.2, 0.25) is 0 Å². The highest BCUT2D eigenvalue weighted by Crippen LogP contribution is 2.43. The van der Waals surface area contributed by atoms with E-state index < -0.39 is 59.2 Å². The lowest BCUT2D eigenvalue weighted by Crippen LogP contribution is -2.74. The van der Waals surface area contributed by atoms with Crippen molar-refractivity contribution in [2.75, 3.05) is 9.80 Å². The maximum atomic E-state index is 14.2. The average Bonchev–Trinajstić information content (AvgIpc) is 2.89. The second-order valence-electron chi connectivity index (χ2n) is 8.86. The van der Waals surface area contributed by atoms with Gasteiger partial charge in [0.05, 0.1) is 12.1 Å². The van der Waals surface area contributed by atoms with E-state index in [2.05, 4.69) is 0 Å². The Kier molecular flexibility index (Phi) is 6.77. The third-order valence-corrected chi connectivity index (χ3v) is 6.53. The Morgan fingerprint density at radius 2 is 0.816 bits per heavy atom. The molecule has 1 aliphatic carbocycles. The Balaban J connectivity index is 1.59. The summed E-state index contributed by atoms with van der Waals surface area (Å²) in [5.41, 5.74) is 0.285. The molecule has 10 heteroatoms. The Morgan fingerprint density at radius 1 is 0.447 bits per heavy atom.